The second kappa shape index (κ2) is 5.69. The Labute approximate surface area is 147 Å². The lowest BCUT2D eigenvalue weighted by molar-refractivity contribution is -0.130. The van der Waals surface area contributed by atoms with Crippen molar-refractivity contribution in [2.24, 2.45) is 34.5 Å². The molecule has 4 rings (SSSR count). The predicted molar refractivity (Wildman–Crippen MR) is 96.6 cm³/mol. The number of allylic oxidation sites excluding steroid dienone is 2. The molecule has 0 radical (unpaired) electrons. The second-order valence-electron chi connectivity index (χ2n) is 9.82. The van der Waals surface area contributed by atoms with Gasteiger partial charge in [-0.3, -0.25) is 4.79 Å². The first kappa shape index (κ1) is 16.8. The van der Waals surface area contributed by atoms with Crippen LogP contribution in [0.15, 0.2) is 12.2 Å². The van der Waals surface area contributed by atoms with Gasteiger partial charge in [-0.05, 0) is 93.0 Å². The minimum Gasteiger partial charge on any atom is -0.375 e. The van der Waals surface area contributed by atoms with Gasteiger partial charge in [0.1, 0.15) is 0 Å². The zero-order chi connectivity index (χ0) is 17.1. The van der Waals surface area contributed by atoms with Crippen molar-refractivity contribution in [2.45, 2.75) is 84.8 Å². The zero-order valence-corrected chi connectivity index (χ0v) is 15.9. The average molecular weight is 331 g/mol. The molecule has 3 saturated carbocycles. The topological polar surface area (TPSA) is 26.3 Å². The Balaban J connectivity index is 1.61. The van der Waals surface area contributed by atoms with Crippen LogP contribution in [-0.2, 0) is 9.53 Å². The molecule has 3 fully saturated rings. The van der Waals surface area contributed by atoms with Crippen LogP contribution < -0.4 is 0 Å². The number of rotatable bonds is 2. The van der Waals surface area contributed by atoms with Crippen LogP contribution in [0.3, 0.4) is 0 Å². The maximum absolute atomic E-state index is 11.9. The van der Waals surface area contributed by atoms with Crippen molar-refractivity contribution in [3.63, 3.8) is 0 Å². The molecular formula is C22H34O2. The van der Waals surface area contributed by atoms with Gasteiger partial charge < -0.3 is 4.74 Å². The molecule has 0 bridgehead atoms. The van der Waals surface area contributed by atoms with Crippen molar-refractivity contribution in [2.75, 3.05) is 0 Å². The zero-order valence-electron chi connectivity index (χ0n) is 15.9. The molecule has 0 saturated heterocycles. The SMILES string of the molecule is CC(C)O[C@H]1CC[C@H]2C3CC[C@H]4CC(=O)C=C[C@]4(C)[C@H]3CC[C@]12C. The highest BCUT2D eigenvalue weighted by Gasteiger charge is 2.59. The summed E-state index contributed by atoms with van der Waals surface area (Å²) in [4.78, 5) is 11.9. The van der Waals surface area contributed by atoms with Gasteiger partial charge in [0.05, 0.1) is 12.2 Å². The summed E-state index contributed by atoms with van der Waals surface area (Å²) in [6.07, 6.45) is 13.6. The van der Waals surface area contributed by atoms with E-state index in [1.165, 1.54) is 38.5 Å². The molecule has 0 aliphatic heterocycles. The van der Waals surface area contributed by atoms with Crippen molar-refractivity contribution in [3.8, 4) is 0 Å². The number of hydrogen-bond acceptors (Lipinski definition) is 2. The van der Waals surface area contributed by atoms with Crippen LogP contribution in [-0.4, -0.2) is 18.0 Å². The molecule has 0 amide bonds. The molecule has 24 heavy (non-hydrogen) atoms. The number of ether oxygens (including phenoxy) is 1. The highest BCUT2D eigenvalue weighted by Crippen LogP contribution is 2.65. The van der Waals surface area contributed by atoms with E-state index in [1.807, 2.05) is 6.08 Å². The van der Waals surface area contributed by atoms with Crippen LogP contribution in [0.1, 0.15) is 72.6 Å². The summed E-state index contributed by atoms with van der Waals surface area (Å²) in [6.45, 7) is 9.33. The lowest BCUT2D eigenvalue weighted by Gasteiger charge is -2.58. The Kier molecular flexibility index (Phi) is 3.99. The van der Waals surface area contributed by atoms with Crippen molar-refractivity contribution in [3.05, 3.63) is 12.2 Å². The van der Waals surface area contributed by atoms with Gasteiger partial charge >= 0.3 is 0 Å². The summed E-state index contributed by atoms with van der Waals surface area (Å²) >= 11 is 0. The van der Waals surface area contributed by atoms with Crippen LogP contribution in [0.2, 0.25) is 0 Å². The van der Waals surface area contributed by atoms with Gasteiger partial charge in [-0.15, -0.1) is 0 Å². The monoisotopic (exact) mass is 330 g/mol. The van der Waals surface area contributed by atoms with E-state index in [0.29, 0.717) is 29.3 Å². The molecular weight excluding hydrogens is 296 g/mol. The van der Waals surface area contributed by atoms with Crippen molar-refractivity contribution < 1.29 is 9.53 Å². The molecule has 0 aromatic rings. The molecule has 4 aliphatic rings. The minimum absolute atomic E-state index is 0.259. The van der Waals surface area contributed by atoms with Gasteiger partial charge in [0.15, 0.2) is 5.78 Å². The van der Waals surface area contributed by atoms with Crippen molar-refractivity contribution >= 4 is 5.78 Å². The van der Waals surface area contributed by atoms with Gasteiger partial charge in [0.25, 0.3) is 0 Å². The van der Waals surface area contributed by atoms with Gasteiger partial charge in [0, 0.05) is 6.42 Å². The molecule has 7 atom stereocenters. The van der Waals surface area contributed by atoms with E-state index in [2.05, 4.69) is 33.8 Å². The van der Waals surface area contributed by atoms with Crippen LogP contribution in [0.25, 0.3) is 0 Å². The standard InChI is InChI=1S/C22H34O2/c1-14(2)24-20-8-7-18-17-6-5-15-13-16(23)9-11-21(15,3)19(17)10-12-22(18,20)4/h9,11,14-15,17-20H,5-8,10,12-13H2,1-4H3/t15-,17?,18-,19-,20-,21-,22-/m0/s1. The Morgan fingerprint density at radius 1 is 1.08 bits per heavy atom. The molecule has 2 heteroatoms. The number of fused-ring (bicyclic) bond motifs is 5. The third kappa shape index (κ3) is 2.35. The molecule has 2 nitrogen and oxygen atoms in total. The third-order valence-electron chi connectivity index (χ3n) is 8.39. The largest absolute Gasteiger partial charge is 0.375 e. The molecule has 0 aromatic heterocycles. The number of hydrogen-bond donors (Lipinski definition) is 0. The second-order valence-corrected chi connectivity index (χ2v) is 9.82. The summed E-state index contributed by atoms with van der Waals surface area (Å²) in [7, 11) is 0. The predicted octanol–water partition coefficient (Wildman–Crippen LogP) is 5.17. The third-order valence-corrected chi connectivity index (χ3v) is 8.39. The first-order chi connectivity index (χ1) is 11.3. The molecule has 0 aromatic carbocycles. The lowest BCUT2D eigenvalue weighted by atomic mass is 9.46. The van der Waals surface area contributed by atoms with Gasteiger partial charge in [0.2, 0.25) is 0 Å². The summed E-state index contributed by atoms with van der Waals surface area (Å²) < 4.78 is 6.35. The van der Waals surface area contributed by atoms with Crippen molar-refractivity contribution in [1.29, 1.82) is 0 Å². The smallest absolute Gasteiger partial charge is 0.155 e. The molecule has 4 aliphatic carbocycles. The van der Waals surface area contributed by atoms with E-state index in [1.54, 1.807) is 0 Å². The fourth-order valence-corrected chi connectivity index (χ4v) is 7.14. The summed E-state index contributed by atoms with van der Waals surface area (Å²) in [5.74, 6) is 3.37. The van der Waals surface area contributed by atoms with E-state index >= 15 is 0 Å². The number of carbonyl (C=O) groups is 1. The Hall–Kier alpha value is -0.630. The van der Waals surface area contributed by atoms with Gasteiger partial charge in [-0.2, -0.15) is 0 Å². The van der Waals surface area contributed by atoms with E-state index in [9.17, 15) is 4.79 Å². The Morgan fingerprint density at radius 2 is 1.88 bits per heavy atom. The minimum atomic E-state index is 0.259. The van der Waals surface area contributed by atoms with Crippen LogP contribution in [0.4, 0.5) is 0 Å². The number of carbonyl (C=O) groups excluding carboxylic acids is 1. The number of ketones is 1. The fourth-order valence-electron chi connectivity index (χ4n) is 7.14. The van der Waals surface area contributed by atoms with Crippen LogP contribution >= 0.6 is 0 Å². The normalized spacial score (nSPS) is 50.5. The summed E-state index contributed by atoms with van der Waals surface area (Å²) in [5, 5.41) is 0. The fraction of sp³-hybridized carbons (Fsp3) is 0.864. The van der Waals surface area contributed by atoms with Gasteiger partial charge in [-0.25, -0.2) is 0 Å². The molecule has 134 valence electrons. The van der Waals surface area contributed by atoms with E-state index in [0.717, 1.165) is 24.2 Å². The van der Waals surface area contributed by atoms with E-state index < -0.39 is 0 Å². The molecule has 0 heterocycles. The first-order valence-electron chi connectivity index (χ1n) is 10.2. The average Bonchev–Trinajstić information content (AvgIpc) is 2.84. The van der Waals surface area contributed by atoms with Crippen molar-refractivity contribution in [1.82, 2.24) is 0 Å². The highest BCUT2D eigenvalue weighted by atomic mass is 16.5. The molecule has 0 spiro atoms. The molecule has 0 N–H and O–H groups in total. The maximum Gasteiger partial charge on any atom is 0.155 e. The Morgan fingerprint density at radius 3 is 2.62 bits per heavy atom. The lowest BCUT2D eigenvalue weighted by Crippen LogP contribution is -2.53. The van der Waals surface area contributed by atoms with Gasteiger partial charge in [-0.1, -0.05) is 19.9 Å². The first-order valence-corrected chi connectivity index (χ1v) is 10.2. The highest BCUT2D eigenvalue weighted by molar-refractivity contribution is 5.91. The van der Waals surface area contributed by atoms with Crippen LogP contribution in [0, 0.1) is 34.5 Å². The van der Waals surface area contributed by atoms with E-state index in [4.69, 9.17) is 4.74 Å². The van der Waals surface area contributed by atoms with E-state index in [-0.39, 0.29) is 5.41 Å². The summed E-state index contributed by atoms with van der Waals surface area (Å²) in [6, 6.07) is 0. The quantitative estimate of drug-likeness (QED) is 0.698. The molecule has 1 unspecified atom stereocenters. The summed E-state index contributed by atoms with van der Waals surface area (Å²) in [5.41, 5.74) is 0.637. The maximum atomic E-state index is 11.9. The van der Waals surface area contributed by atoms with Crippen LogP contribution in [0.5, 0.6) is 0 Å². The Bertz CT molecular complexity index is 550.